The molecule has 0 bridgehead atoms. The van der Waals surface area contributed by atoms with Gasteiger partial charge in [0.15, 0.2) is 0 Å². The van der Waals surface area contributed by atoms with Crippen molar-refractivity contribution in [2.45, 2.75) is 37.1 Å². The summed E-state index contributed by atoms with van der Waals surface area (Å²) in [6, 6.07) is 13.1. The summed E-state index contributed by atoms with van der Waals surface area (Å²) in [4.78, 5) is 11.8. The molecule has 0 saturated carbocycles. The van der Waals surface area contributed by atoms with Crippen LogP contribution in [0.3, 0.4) is 0 Å². The van der Waals surface area contributed by atoms with Crippen molar-refractivity contribution >= 4 is 21.7 Å². The predicted octanol–water partition coefficient (Wildman–Crippen LogP) is 3.15. The molecule has 1 N–H and O–H groups in total. The van der Waals surface area contributed by atoms with Crippen LogP contribution >= 0.6 is 0 Å². The molecule has 5 nitrogen and oxygen atoms in total. The fourth-order valence-corrected chi connectivity index (χ4v) is 4.90. The number of rotatable bonds is 3. The SMILES string of the molecule is Cc1ccc(S(=O)(=O)N2c3ccccc3C(C(=O)O)CC2C)cc1. The lowest BCUT2D eigenvalue weighted by Gasteiger charge is -2.38. The smallest absolute Gasteiger partial charge is 0.311 e. The van der Waals surface area contributed by atoms with Gasteiger partial charge in [0.2, 0.25) is 0 Å². The molecule has 0 saturated heterocycles. The van der Waals surface area contributed by atoms with Crippen molar-refractivity contribution in [3.63, 3.8) is 0 Å². The molecule has 2 unspecified atom stereocenters. The monoisotopic (exact) mass is 345 g/mol. The van der Waals surface area contributed by atoms with Gasteiger partial charge in [-0.3, -0.25) is 9.10 Å². The third kappa shape index (κ3) is 2.67. The zero-order valence-corrected chi connectivity index (χ0v) is 14.3. The fraction of sp³-hybridized carbons (Fsp3) is 0.278. The molecule has 2 atom stereocenters. The summed E-state index contributed by atoms with van der Waals surface area (Å²) >= 11 is 0. The molecule has 0 spiro atoms. The van der Waals surface area contributed by atoms with Gasteiger partial charge in [0.1, 0.15) is 0 Å². The summed E-state index contributed by atoms with van der Waals surface area (Å²) in [5, 5.41) is 9.47. The lowest BCUT2D eigenvalue weighted by Crippen LogP contribution is -2.44. The van der Waals surface area contributed by atoms with E-state index in [1.807, 2.05) is 6.92 Å². The van der Waals surface area contributed by atoms with Gasteiger partial charge in [-0.05, 0) is 44.0 Å². The van der Waals surface area contributed by atoms with Crippen LogP contribution in [0.25, 0.3) is 0 Å². The van der Waals surface area contributed by atoms with Crippen molar-refractivity contribution in [1.29, 1.82) is 0 Å². The van der Waals surface area contributed by atoms with Crippen LogP contribution < -0.4 is 4.31 Å². The number of aliphatic carboxylic acids is 1. The molecule has 2 aromatic rings. The first-order chi connectivity index (χ1) is 11.3. The van der Waals surface area contributed by atoms with Gasteiger partial charge in [-0.15, -0.1) is 0 Å². The summed E-state index contributed by atoms with van der Waals surface area (Å²) in [7, 11) is -3.75. The van der Waals surface area contributed by atoms with E-state index < -0.39 is 28.0 Å². The minimum atomic E-state index is -3.75. The van der Waals surface area contributed by atoms with Crippen LogP contribution in [0.5, 0.6) is 0 Å². The van der Waals surface area contributed by atoms with Crippen LogP contribution in [-0.2, 0) is 14.8 Å². The van der Waals surface area contributed by atoms with Gasteiger partial charge in [0.05, 0.1) is 16.5 Å². The van der Waals surface area contributed by atoms with Gasteiger partial charge < -0.3 is 5.11 Å². The zero-order chi connectivity index (χ0) is 17.5. The van der Waals surface area contributed by atoms with Gasteiger partial charge in [0.25, 0.3) is 10.0 Å². The van der Waals surface area contributed by atoms with E-state index in [1.165, 1.54) is 4.31 Å². The average molecular weight is 345 g/mol. The summed E-state index contributed by atoms with van der Waals surface area (Å²) < 4.78 is 27.6. The van der Waals surface area contributed by atoms with Crippen LogP contribution in [0, 0.1) is 6.92 Å². The van der Waals surface area contributed by atoms with Crippen LogP contribution in [0.4, 0.5) is 5.69 Å². The maximum Gasteiger partial charge on any atom is 0.311 e. The normalized spacial score (nSPS) is 20.5. The molecule has 126 valence electrons. The highest BCUT2D eigenvalue weighted by molar-refractivity contribution is 7.92. The fourth-order valence-electron chi connectivity index (χ4n) is 3.21. The van der Waals surface area contributed by atoms with Crippen molar-refractivity contribution in [1.82, 2.24) is 0 Å². The third-order valence-corrected chi connectivity index (χ3v) is 6.35. The minimum Gasteiger partial charge on any atom is -0.481 e. The number of nitrogens with zero attached hydrogens (tertiary/aromatic N) is 1. The largest absolute Gasteiger partial charge is 0.481 e. The molecule has 1 heterocycles. The first-order valence-corrected chi connectivity index (χ1v) is 9.19. The van der Waals surface area contributed by atoms with Gasteiger partial charge in [0, 0.05) is 6.04 Å². The van der Waals surface area contributed by atoms with E-state index in [2.05, 4.69) is 0 Å². The number of carboxylic acid groups (broad SMARTS) is 1. The molecular formula is C18H19NO4S. The Kier molecular flexibility index (Phi) is 4.09. The molecule has 1 aliphatic rings. The van der Waals surface area contributed by atoms with Gasteiger partial charge in [-0.25, -0.2) is 8.42 Å². The Bertz CT molecular complexity index is 874. The molecular weight excluding hydrogens is 326 g/mol. The Morgan fingerprint density at radius 2 is 1.75 bits per heavy atom. The van der Waals surface area contributed by atoms with E-state index in [0.717, 1.165) is 5.56 Å². The Balaban J connectivity index is 2.15. The number of sulfonamides is 1. The van der Waals surface area contributed by atoms with Crippen LogP contribution in [0.15, 0.2) is 53.4 Å². The lowest BCUT2D eigenvalue weighted by molar-refractivity contribution is -0.139. The highest BCUT2D eigenvalue weighted by Gasteiger charge is 2.39. The minimum absolute atomic E-state index is 0.212. The number of benzene rings is 2. The van der Waals surface area contributed by atoms with E-state index in [1.54, 1.807) is 55.5 Å². The van der Waals surface area contributed by atoms with Crippen molar-refractivity contribution in [3.8, 4) is 0 Å². The van der Waals surface area contributed by atoms with Crippen molar-refractivity contribution < 1.29 is 18.3 Å². The number of hydrogen-bond acceptors (Lipinski definition) is 3. The predicted molar refractivity (Wildman–Crippen MR) is 91.7 cm³/mol. The van der Waals surface area contributed by atoms with E-state index in [-0.39, 0.29) is 11.3 Å². The van der Waals surface area contributed by atoms with Crippen molar-refractivity contribution in [2.75, 3.05) is 4.31 Å². The summed E-state index contributed by atoms with van der Waals surface area (Å²) in [5.74, 6) is -1.62. The molecule has 3 rings (SSSR count). The molecule has 0 aromatic heterocycles. The highest BCUT2D eigenvalue weighted by Crippen LogP contribution is 2.41. The van der Waals surface area contributed by atoms with Crippen molar-refractivity contribution in [2.24, 2.45) is 0 Å². The Labute approximate surface area is 141 Å². The number of anilines is 1. The number of fused-ring (bicyclic) bond motifs is 1. The third-order valence-electron chi connectivity index (χ3n) is 4.40. The second-order valence-corrected chi connectivity index (χ2v) is 7.96. The van der Waals surface area contributed by atoms with Gasteiger partial charge in [-0.2, -0.15) is 0 Å². The van der Waals surface area contributed by atoms with Crippen LogP contribution in [0.1, 0.15) is 30.4 Å². The maximum atomic E-state index is 13.1. The maximum absolute atomic E-state index is 13.1. The number of carboxylic acids is 1. The van der Waals surface area contributed by atoms with E-state index in [0.29, 0.717) is 11.3 Å². The first kappa shape index (κ1) is 16.5. The Hall–Kier alpha value is -2.34. The number of para-hydroxylation sites is 1. The van der Waals surface area contributed by atoms with Crippen LogP contribution in [-0.4, -0.2) is 25.5 Å². The van der Waals surface area contributed by atoms with Gasteiger partial charge >= 0.3 is 5.97 Å². The first-order valence-electron chi connectivity index (χ1n) is 7.75. The van der Waals surface area contributed by atoms with E-state index >= 15 is 0 Å². The summed E-state index contributed by atoms with van der Waals surface area (Å²) in [5.41, 5.74) is 1.97. The summed E-state index contributed by atoms with van der Waals surface area (Å²) in [6.07, 6.45) is 0.247. The topological polar surface area (TPSA) is 74.7 Å². The Morgan fingerprint density at radius 3 is 2.38 bits per heavy atom. The average Bonchev–Trinajstić information content (AvgIpc) is 2.54. The molecule has 0 fully saturated rings. The van der Waals surface area contributed by atoms with Gasteiger partial charge in [-0.1, -0.05) is 35.9 Å². The standard InChI is InChI=1S/C18H19NO4S/c1-12-7-9-14(10-8-12)24(22,23)19-13(2)11-16(18(20)21)15-5-3-4-6-17(15)19/h3-10,13,16H,11H2,1-2H3,(H,20,21). The van der Waals surface area contributed by atoms with Crippen LogP contribution in [0.2, 0.25) is 0 Å². The zero-order valence-electron chi connectivity index (χ0n) is 13.5. The summed E-state index contributed by atoms with van der Waals surface area (Å²) in [6.45, 7) is 3.64. The second kappa shape index (κ2) is 5.94. The molecule has 0 amide bonds. The quantitative estimate of drug-likeness (QED) is 0.927. The highest BCUT2D eigenvalue weighted by atomic mass is 32.2. The molecule has 1 aliphatic heterocycles. The van der Waals surface area contributed by atoms with E-state index in [9.17, 15) is 18.3 Å². The molecule has 2 aromatic carbocycles. The second-order valence-electron chi connectivity index (χ2n) is 6.15. The number of hydrogen-bond donors (Lipinski definition) is 1. The van der Waals surface area contributed by atoms with E-state index in [4.69, 9.17) is 0 Å². The molecule has 24 heavy (non-hydrogen) atoms. The Morgan fingerprint density at radius 1 is 1.12 bits per heavy atom. The molecule has 0 aliphatic carbocycles. The lowest BCUT2D eigenvalue weighted by atomic mass is 9.87. The number of aryl methyl sites for hydroxylation is 1. The van der Waals surface area contributed by atoms with Crippen molar-refractivity contribution in [3.05, 3.63) is 59.7 Å². The molecule has 0 radical (unpaired) electrons. The molecule has 6 heteroatoms. The number of carbonyl (C=O) groups is 1.